The van der Waals surface area contributed by atoms with Crippen molar-refractivity contribution < 1.29 is 19.2 Å². The van der Waals surface area contributed by atoms with Crippen molar-refractivity contribution in [3.63, 3.8) is 0 Å². The van der Waals surface area contributed by atoms with Gasteiger partial charge in [-0.15, -0.1) is 0 Å². The molecule has 0 heterocycles. The van der Waals surface area contributed by atoms with Gasteiger partial charge in [-0.1, -0.05) is 34.8 Å². The fraction of sp³-hybridized carbons (Fsp3) is 0.222. The highest BCUT2D eigenvalue weighted by molar-refractivity contribution is 6.48. The molecule has 6 nitrogen and oxygen atoms in total. The molecule has 0 radical (unpaired) electrons. The molecule has 1 atom stereocenters. The van der Waals surface area contributed by atoms with Crippen molar-refractivity contribution in [3.05, 3.63) is 34.4 Å². The summed E-state index contributed by atoms with van der Waals surface area (Å²) in [7, 11) is 0. The lowest BCUT2D eigenvalue weighted by Crippen LogP contribution is -2.21. The summed E-state index contributed by atoms with van der Waals surface area (Å²) in [6.07, 6.45) is -1.12. The molecule has 0 aliphatic carbocycles. The lowest BCUT2D eigenvalue weighted by Gasteiger charge is -2.11. The first-order valence-corrected chi connectivity index (χ1v) is 5.76. The lowest BCUT2D eigenvalue weighted by molar-refractivity contribution is -0.384. The zero-order chi connectivity index (χ0) is 13.7. The number of non-ortho nitro benzene ring substituents is 1. The Hall–Kier alpha value is -1.24. The fourth-order valence-electron chi connectivity index (χ4n) is 0.900. The first kappa shape index (κ1) is 14.8. The molecule has 1 aromatic rings. The summed E-state index contributed by atoms with van der Waals surface area (Å²) in [5.41, 5.74) is -1.38. The van der Waals surface area contributed by atoms with Crippen LogP contribution in [0.15, 0.2) is 24.3 Å². The van der Waals surface area contributed by atoms with E-state index in [0.717, 1.165) is 0 Å². The molecule has 0 amide bonds. The standard InChI is InChI=1S/C9H6Cl3NO5/c10-7(11)8(12)18-9(14)17-6-3-1-5(2-4-6)13(15)16/h1-4,7-8H. The topological polar surface area (TPSA) is 78.7 Å². The van der Waals surface area contributed by atoms with E-state index in [1.165, 1.54) is 24.3 Å². The molecule has 0 aliphatic heterocycles. The molecule has 1 rings (SSSR count). The third-order valence-corrected chi connectivity index (χ3v) is 2.71. The average molecular weight is 315 g/mol. The van der Waals surface area contributed by atoms with Gasteiger partial charge in [-0.05, 0) is 12.1 Å². The van der Waals surface area contributed by atoms with E-state index in [2.05, 4.69) is 9.47 Å². The van der Waals surface area contributed by atoms with Crippen molar-refractivity contribution in [2.75, 3.05) is 0 Å². The Kier molecular flexibility index (Phi) is 5.46. The molecule has 9 heteroatoms. The van der Waals surface area contributed by atoms with E-state index in [1.54, 1.807) is 0 Å². The number of carbonyl (C=O) groups is 1. The molecule has 18 heavy (non-hydrogen) atoms. The van der Waals surface area contributed by atoms with Crippen LogP contribution in [0.2, 0.25) is 0 Å². The fourth-order valence-corrected chi connectivity index (χ4v) is 1.08. The zero-order valence-corrected chi connectivity index (χ0v) is 10.9. The summed E-state index contributed by atoms with van der Waals surface area (Å²) in [5.74, 6) is 0.0650. The second kappa shape index (κ2) is 6.63. The van der Waals surface area contributed by atoms with Crippen LogP contribution in [-0.2, 0) is 4.74 Å². The number of alkyl halides is 3. The third-order valence-electron chi connectivity index (χ3n) is 1.66. The number of halogens is 3. The van der Waals surface area contributed by atoms with Gasteiger partial charge in [0.15, 0.2) is 4.84 Å². The van der Waals surface area contributed by atoms with Gasteiger partial charge in [-0.2, -0.15) is 0 Å². The SMILES string of the molecule is O=C(Oc1ccc([N+](=O)[O-])cc1)OC(Cl)C(Cl)Cl. The number of rotatable bonds is 4. The van der Waals surface area contributed by atoms with E-state index in [-0.39, 0.29) is 11.4 Å². The lowest BCUT2D eigenvalue weighted by atomic mass is 10.3. The van der Waals surface area contributed by atoms with Crippen LogP contribution in [0, 0.1) is 10.1 Å². The molecule has 0 aliphatic rings. The van der Waals surface area contributed by atoms with E-state index in [1.807, 2.05) is 0 Å². The first-order valence-electron chi connectivity index (χ1n) is 4.45. The Labute approximate surface area is 116 Å². The summed E-state index contributed by atoms with van der Waals surface area (Å²) in [6.45, 7) is 0. The maximum Gasteiger partial charge on any atom is 0.515 e. The average Bonchev–Trinajstić information content (AvgIpc) is 2.29. The van der Waals surface area contributed by atoms with Gasteiger partial charge in [0.1, 0.15) is 5.75 Å². The van der Waals surface area contributed by atoms with E-state index in [4.69, 9.17) is 34.8 Å². The third kappa shape index (κ3) is 4.56. The quantitative estimate of drug-likeness (QED) is 0.279. The Morgan fingerprint density at radius 2 is 1.78 bits per heavy atom. The molecular formula is C9H6Cl3NO5. The molecule has 0 aromatic heterocycles. The van der Waals surface area contributed by atoms with Gasteiger partial charge in [0.25, 0.3) is 5.69 Å². The van der Waals surface area contributed by atoms with Gasteiger partial charge in [0, 0.05) is 12.1 Å². The van der Waals surface area contributed by atoms with Crippen LogP contribution in [0.4, 0.5) is 10.5 Å². The Bertz CT molecular complexity index is 436. The van der Waals surface area contributed by atoms with Crippen molar-refractivity contribution >= 4 is 46.6 Å². The minimum absolute atomic E-state index is 0.0650. The number of ether oxygens (including phenoxy) is 2. The van der Waals surface area contributed by atoms with E-state index in [9.17, 15) is 14.9 Å². The highest BCUT2D eigenvalue weighted by atomic mass is 35.5. The number of nitro groups is 1. The highest BCUT2D eigenvalue weighted by Gasteiger charge is 2.20. The Balaban J connectivity index is 2.57. The minimum atomic E-state index is -1.25. The smallest absolute Gasteiger partial charge is 0.411 e. The number of hydrogen-bond donors (Lipinski definition) is 0. The van der Waals surface area contributed by atoms with Crippen molar-refractivity contribution in [1.82, 2.24) is 0 Å². The molecular weight excluding hydrogens is 308 g/mol. The van der Waals surface area contributed by atoms with Gasteiger partial charge in [-0.3, -0.25) is 10.1 Å². The van der Waals surface area contributed by atoms with E-state index < -0.39 is 21.5 Å². The van der Waals surface area contributed by atoms with Crippen molar-refractivity contribution in [2.45, 2.75) is 10.4 Å². The predicted octanol–water partition coefficient (Wildman–Crippen LogP) is 3.48. The van der Waals surface area contributed by atoms with Gasteiger partial charge in [0.05, 0.1) is 4.92 Å². The summed E-state index contributed by atoms with van der Waals surface area (Å²) in [6, 6.07) is 4.82. The van der Waals surface area contributed by atoms with Crippen LogP contribution in [0.25, 0.3) is 0 Å². The van der Waals surface area contributed by atoms with Crippen LogP contribution < -0.4 is 4.74 Å². The van der Waals surface area contributed by atoms with Crippen LogP contribution in [0.5, 0.6) is 5.75 Å². The molecule has 0 bridgehead atoms. The molecule has 0 saturated heterocycles. The summed E-state index contributed by atoms with van der Waals surface area (Å²) in [5, 5.41) is 10.4. The second-order valence-corrected chi connectivity index (χ2v) is 4.50. The predicted molar refractivity (Wildman–Crippen MR) is 65.3 cm³/mol. The molecule has 98 valence electrons. The number of nitrogens with zero attached hydrogens (tertiary/aromatic N) is 1. The normalized spacial score (nSPS) is 12.0. The summed E-state index contributed by atoms with van der Waals surface area (Å²) < 4.78 is 9.18. The van der Waals surface area contributed by atoms with Crippen molar-refractivity contribution in [2.24, 2.45) is 0 Å². The van der Waals surface area contributed by atoms with Crippen LogP contribution in [-0.4, -0.2) is 21.5 Å². The Morgan fingerprint density at radius 1 is 1.22 bits per heavy atom. The van der Waals surface area contributed by atoms with Crippen LogP contribution >= 0.6 is 34.8 Å². The molecule has 0 saturated carbocycles. The first-order chi connectivity index (χ1) is 8.40. The van der Waals surface area contributed by atoms with E-state index >= 15 is 0 Å². The molecule has 1 aromatic carbocycles. The zero-order valence-electron chi connectivity index (χ0n) is 8.59. The highest BCUT2D eigenvalue weighted by Crippen LogP contribution is 2.19. The van der Waals surface area contributed by atoms with Gasteiger partial charge < -0.3 is 9.47 Å². The van der Waals surface area contributed by atoms with Crippen LogP contribution in [0.1, 0.15) is 0 Å². The van der Waals surface area contributed by atoms with E-state index in [0.29, 0.717) is 0 Å². The van der Waals surface area contributed by atoms with Crippen molar-refractivity contribution in [1.29, 1.82) is 0 Å². The van der Waals surface area contributed by atoms with Gasteiger partial charge in [0.2, 0.25) is 5.56 Å². The molecule has 0 fully saturated rings. The molecule has 1 unspecified atom stereocenters. The van der Waals surface area contributed by atoms with Gasteiger partial charge in [-0.25, -0.2) is 4.79 Å². The monoisotopic (exact) mass is 313 g/mol. The summed E-state index contributed by atoms with van der Waals surface area (Å²) >= 11 is 16.2. The number of nitro benzene ring substituents is 1. The molecule has 0 N–H and O–H groups in total. The summed E-state index contributed by atoms with van der Waals surface area (Å²) in [4.78, 5) is 19.9. The number of benzene rings is 1. The maximum absolute atomic E-state index is 11.2. The largest absolute Gasteiger partial charge is 0.515 e. The maximum atomic E-state index is 11.2. The Morgan fingerprint density at radius 3 is 2.22 bits per heavy atom. The number of hydrogen-bond acceptors (Lipinski definition) is 5. The minimum Gasteiger partial charge on any atom is -0.411 e. The molecule has 0 spiro atoms. The number of carbonyl (C=O) groups excluding carboxylic acids is 1. The van der Waals surface area contributed by atoms with Gasteiger partial charge >= 0.3 is 6.16 Å². The van der Waals surface area contributed by atoms with Crippen LogP contribution in [0.3, 0.4) is 0 Å². The second-order valence-electron chi connectivity index (χ2n) is 2.91. The van der Waals surface area contributed by atoms with Crippen molar-refractivity contribution in [3.8, 4) is 5.75 Å².